The van der Waals surface area contributed by atoms with Crippen LogP contribution in [0.2, 0.25) is 0 Å². The molecule has 0 aliphatic heterocycles. The van der Waals surface area contributed by atoms with Crippen LogP contribution in [0.5, 0.6) is 5.75 Å². The van der Waals surface area contributed by atoms with Crippen molar-refractivity contribution in [2.24, 2.45) is 0 Å². The Hall–Kier alpha value is -3.43. The lowest BCUT2D eigenvalue weighted by atomic mass is 9.96. The van der Waals surface area contributed by atoms with Crippen molar-refractivity contribution in [2.75, 3.05) is 7.11 Å². The summed E-state index contributed by atoms with van der Waals surface area (Å²) in [5, 5.41) is 6.32. The second-order valence-corrected chi connectivity index (χ2v) is 8.51. The molecule has 33 heavy (non-hydrogen) atoms. The average Bonchev–Trinajstić information content (AvgIpc) is 2.83. The Bertz CT molecular complexity index is 1240. The van der Waals surface area contributed by atoms with Gasteiger partial charge in [0.1, 0.15) is 11.6 Å². The number of ether oxygens (including phenoxy) is 1. The highest BCUT2D eigenvalue weighted by Gasteiger charge is 2.14. The summed E-state index contributed by atoms with van der Waals surface area (Å²) in [6.07, 6.45) is 4.96. The molecule has 0 fully saturated rings. The maximum absolute atomic E-state index is 13.2. The van der Waals surface area contributed by atoms with E-state index in [4.69, 9.17) is 4.74 Å². The van der Waals surface area contributed by atoms with Crippen LogP contribution in [-0.4, -0.2) is 13.2 Å². The molecule has 168 valence electrons. The minimum absolute atomic E-state index is 0.218. The fourth-order valence-corrected chi connectivity index (χ4v) is 4.34. The van der Waals surface area contributed by atoms with Gasteiger partial charge in [-0.1, -0.05) is 72.8 Å². The van der Waals surface area contributed by atoms with E-state index in [0.717, 1.165) is 23.3 Å². The molecule has 4 rings (SSSR count). The summed E-state index contributed by atoms with van der Waals surface area (Å²) in [6.45, 7) is 4.44. The molecule has 0 saturated carbocycles. The van der Waals surface area contributed by atoms with E-state index in [0.29, 0.717) is 0 Å². The Morgan fingerprint density at radius 3 is 2.42 bits per heavy atom. The molecule has 4 aromatic carbocycles. The second-order valence-electron chi connectivity index (χ2n) is 8.51. The fraction of sp³-hybridized carbons (Fsp3) is 0.200. The fourth-order valence-electron chi connectivity index (χ4n) is 4.34. The Labute approximate surface area is 195 Å². The second kappa shape index (κ2) is 10.5. The smallest absolute Gasteiger partial charge is 0.123 e. The van der Waals surface area contributed by atoms with Crippen molar-refractivity contribution in [3.05, 3.63) is 113 Å². The molecule has 0 saturated heterocycles. The lowest BCUT2D eigenvalue weighted by Gasteiger charge is -2.23. The Kier molecular flexibility index (Phi) is 7.21. The van der Waals surface area contributed by atoms with Crippen LogP contribution in [0.25, 0.3) is 22.9 Å². The van der Waals surface area contributed by atoms with Crippen LogP contribution in [0.3, 0.4) is 0 Å². The Balaban J connectivity index is 1.52. The van der Waals surface area contributed by atoms with Crippen molar-refractivity contribution in [1.29, 1.82) is 0 Å². The zero-order chi connectivity index (χ0) is 23.2. The Morgan fingerprint density at radius 2 is 1.64 bits per heavy atom. The normalized spacial score (nSPS) is 13.3. The quantitative estimate of drug-likeness (QED) is 0.288. The van der Waals surface area contributed by atoms with Crippen LogP contribution in [0, 0.1) is 5.82 Å². The van der Waals surface area contributed by atoms with Gasteiger partial charge in [-0.15, -0.1) is 0 Å². The van der Waals surface area contributed by atoms with E-state index < -0.39 is 0 Å². The lowest BCUT2D eigenvalue weighted by Crippen LogP contribution is -2.31. The number of benzene rings is 4. The van der Waals surface area contributed by atoms with Gasteiger partial charge >= 0.3 is 0 Å². The van der Waals surface area contributed by atoms with E-state index in [1.165, 1.54) is 34.0 Å². The zero-order valence-corrected chi connectivity index (χ0v) is 19.4. The monoisotopic (exact) mass is 439 g/mol. The molecular formula is C30H30FNO. The van der Waals surface area contributed by atoms with Gasteiger partial charge in [-0.2, -0.15) is 0 Å². The van der Waals surface area contributed by atoms with Crippen LogP contribution in [0.4, 0.5) is 4.39 Å². The van der Waals surface area contributed by atoms with E-state index in [2.05, 4.69) is 79.8 Å². The van der Waals surface area contributed by atoms with Crippen LogP contribution in [0.15, 0.2) is 84.9 Å². The summed E-state index contributed by atoms with van der Waals surface area (Å²) in [6, 6.07) is 28.2. The van der Waals surface area contributed by atoms with E-state index in [9.17, 15) is 4.39 Å². The molecule has 0 spiro atoms. The van der Waals surface area contributed by atoms with Crippen molar-refractivity contribution in [2.45, 2.75) is 32.4 Å². The van der Waals surface area contributed by atoms with Crippen molar-refractivity contribution < 1.29 is 9.13 Å². The van der Waals surface area contributed by atoms with Crippen LogP contribution in [0.1, 0.15) is 42.1 Å². The highest BCUT2D eigenvalue weighted by molar-refractivity contribution is 5.86. The third-order valence-electron chi connectivity index (χ3n) is 6.03. The summed E-state index contributed by atoms with van der Waals surface area (Å²) in [5.74, 6) is 0.621. The number of hydrogen-bond donors (Lipinski definition) is 1. The van der Waals surface area contributed by atoms with Crippen LogP contribution < -0.4 is 10.1 Å². The molecule has 0 aromatic heterocycles. The van der Waals surface area contributed by atoms with E-state index in [1.807, 2.05) is 12.1 Å². The SMILES string of the molecule is COc1ccc(/C=C/c2ccc(F)cc2)c(CC(C)NC(C)c2cccc3ccccc23)c1. The summed E-state index contributed by atoms with van der Waals surface area (Å²) >= 11 is 0. The van der Waals surface area contributed by atoms with Gasteiger partial charge in [0.2, 0.25) is 0 Å². The summed E-state index contributed by atoms with van der Waals surface area (Å²) in [7, 11) is 1.69. The van der Waals surface area contributed by atoms with Gasteiger partial charge in [0, 0.05) is 12.1 Å². The molecule has 2 atom stereocenters. The largest absolute Gasteiger partial charge is 0.497 e. The molecule has 1 N–H and O–H groups in total. The predicted octanol–water partition coefficient (Wildman–Crippen LogP) is 7.44. The lowest BCUT2D eigenvalue weighted by molar-refractivity contribution is 0.413. The third-order valence-corrected chi connectivity index (χ3v) is 6.03. The van der Waals surface area contributed by atoms with E-state index in [-0.39, 0.29) is 17.9 Å². The molecule has 0 amide bonds. The number of fused-ring (bicyclic) bond motifs is 1. The molecule has 0 aliphatic carbocycles. The zero-order valence-electron chi connectivity index (χ0n) is 19.4. The van der Waals surface area contributed by atoms with E-state index in [1.54, 1.807) is 19.2 Å². The maximum Gasteiger partial charge on any atom is 0.123 e. The number of rotatable bonds is 8. The summed E-state index contributed by atoms with van der Waals surface area (Å²) in [4.78, 5) is 0. The molecule has 2 nitrogen and oxygen atoms in total. The first-order valence-electron chi connectivity index (χ1n) is 11.4. The Morgan fingerprint density at radius 1 is 0.879 bits per heavy atom. The van der Waals surface area contributed by atoms with Crippen molar-refractivity contribution in [1.82, 2.24) is 5.32 Å². The molecule has 0 bridgehead atoms. The van der Waals surface area contributed by atoms with Gasteiger partial charge in [0.25, 0.3) is 0 Å². The standard InChI is InChI=1S/C30H30FNO/c1-21(32-22(2)29-10-6-8-25-7-4-5-9-30(25)29)19-26-20-28(33-3)18-15-24(26)14-11-23-12-16-27(31)17-13-23/h4-18,20-22,32H,19H2,1-3H3/b14-11+. The summed E-state index contributed by atoms with van der Waals surface area (Å²) in [5.41, 5.74) is 4.61. The van der Waals surface area contributed by atoms with Gasteiger partial charge in [-0.3, -0.25) is 0 Å². The van der Waals surface area contributed by atoms with Gasteiger partial charge in [0.15, 0.2) is 0 Å². The average molecular weight is 440 g/mol. The minimum Gasteiger partial charge on any atom is -0.497 e. The van der Waals surface area contributed by atoms with Gasteiger partial charge in [-0.25, -0.2) is 4.39 Å². The van der Waals surface area contributed by atoms with Gasteiger partial charge < -0.3 is 10.1 Å². The van der Waals surface area contributed by atoms with Gasteiger partial charge in [0.05, 0.1) is 7.11 Å². The van der Waals surface area contributed by atoms with Crippen molar-refractivity contribution >= 4 is 22.9 Å². The molecule has 3 heteroatoms. The highest BCUT2D eigenvalue weighted by Crippen LogP contribution is 2.26. The molecular weight excluding hydrogens is 409 g/mol. The number of hydrogen-bond acceptors (Lipinski definition) is 2. The van der Waals surface area contributed by atoms with Crippen molar-refractivity contribution in [3.8, 4) is 5.75 Å². The molecule has 0 radical (unpaired) electrons. The first-order valence-corrected chi connectivity index (χ1v) is 11.4. The number of nitrogens with one attached hydrogen (secondary N) is 1. The highest BCUT2D eigenvalue weighted by atomic mass is 19.1. The third kappa shape index (κ3) is 5.68. The molecule has 4 aromatic rings. The molecule has 0 heterocycles. The van der Waals surface area contributed by atoms with Gasteiger partial charge in [-0.05, 0) is 77.6 Å². The molecule has 2 unspecified atom stereocenters. The molecule has 0 aliphatic rings. The first kappa shape index (κ1) is 22.8. The number of halogens is 1. The number of methoxy groups -OCH3 is 1. The first-order chi connectivity index (χ1) is 16.0. The summed E-state index contributed by atoms with van der Waals surface area (Å²) < 4.78 is 18.7. The van der Waals surface area contributed by atoms with E-state index >= 15 is 0 Å². The maximum atomic E-state index is 13.2. The van der Waals surface area contributed by atoms with Crippen molar-refractivity contribution in [3.63, 3.8) is 0 Å². The van der Waals surface area contributed by atoms with Crippen LogP contribution in [-0.2, 0) is 6.42 Å². The minimum atomic E-state index is -0.225. The van der Waals surface area contributed by atoms with Crippen LogP contribution >= 0.6 is 0 Å². The topological polar surface area (TPSA) is 21.3 Å². The predicted molar refractivity (Wildman–Crippen MR) is 137 cm³/mol.